The van der Waals surface area contributed by atoms with E-state index in [0.29, 0.717) is 29.8 Å². The summed E-state index contributed by atoms with van der Waals surface area (Å²) in [4.78, 5) is 27.1. The van der Waals surface area contributed by atoms with Crippen LogP contribution in [-0.4, -0.2) is 40.5 Å². The molecule has 2 amide bonds. The molecule has 3 rings (SSSR count). The van der Waals surface area contributed by atoms with Crippen LogP contribution in [-0.2, 0) is 4.79 Å². The average molecular weight is 380 g/mol. The van der Waals surface area contributed by atoms with Crippen LogP contribution in [0.15, 0.2) is 48.5 Å². The van der Waals surface area contributed by atoms with Crippen molar-refractivity contribution in [1.82, 2.24) is 10.2 Å². The van der Waals surface area contributed by atoms with Gasteiger partial charge in [-0.15, -0.1) is 0 Å². The Balaban J connectivity index is 1.92. The fraction of sp³-hybridized carbons (Fsp3) is 0.273. The molecule has 2 aromatic rings. The van der Waals surface area contributed by atoms with E-state index in [1.54, 1.807) is 38.1 Å². The van der Waals surface area contributed by atoms with Gasteiger partial charge in [-0.2, -0.15) is 0 Å². The largest absolute Gasteiger partial charge is 0.378 e. The van der Waals surface area contributed by atoms with Crippen LogP contribution in [0.2, 0.25) is 0 Å². The molecule has 0 aromatic heterocycles. The van der Waals surface area contributed by atoms with E-state index in [2.05, 4.69) is 17.2 Å². The van der Waals surface area contributed by atoms with Gasteiger partial charge in [-0.25, -0.2) is 4.39 Å². The van der Waals surface area contributed by atoms with Crippen LogP contribution >= 0.6 is 0 Å². The maximum atomic E-state index is 13.3. The number of halogens is 1. The van der Waals surface area contributed by atoms with Crippen molar-refractivity contribution in [1.29, 1.82) is 0 Å². The molecule has 0 bridgehead atoms. The van der Waals surface area contributed by atoms with Gasteiger partial charge in [0.1, 0.15) is 17.5 Å². The highest BCUT2D eigenvalue weighted by molar-refractivity contribution is 5.98. The van der Waals surface area contributed by atoms with Crippen LogP contribution in [0.1, 0.15) is 41.4 Å². The predicted octanol–water partition coefficient (Wildman–Crippen LogP) is 2.26. The maximum absolute atomic E-state index is 13.3. The first-order valence-corrected chi connectivity index (χ1v) is 8.94. The highest BCUT2D eigenvalue weighted by Crippen LogP contribution is 2.25. The molecule has 2 aromatic carbocycles. The Hall–Kier alpha value is -3.17. The van der Waals surface area contributed by atoms with Crippen molar-refractivity contribution >= 4 is 11.8 Å². The van der Waals surface area contributed by atoms with Gasteiger partial charge < -0.3 is 15.3 Å². The number of piperazine rings is 1. The summed E-state index contributed by atoms with van der Waals surface area (Å²) in [7, 11) is 0. The summed E-state index contributed by atoms with van der Waals surface area (Å²) in [5.74, 6) is 4.54. The normalized spacial score (nSPS) is 16.8. The van der Waals surface area contributed by atoms with E-state index in [9.17, 15) is 19.1 Å². The van der Waals surface area contributed by atoms with Crippen LogP contribution in [0.4, 0.5) is 4.39 Å². The smallest absolute Gasteiger partial charge is 0.254 e. The van der Waals surface area contributed by atoms with E-state index in [0.717, 1.165) is 0 Å². The van der Waals surface area contributed by atoms with Crippen molar-refractivity contribution in [3.8, 4) is 11.8 Å². The van der Waals surface area contributed by atoms with Crippen LogP contribution in [0.5, 0.6) is 0 Å². The molecule has 2 N–H and O–H groups in total. The Morgan fingerprint density at radius 3 is 2.64 bits per heavy atom. The number of carbonyl (C=O) groups is 2. The Morgan fingerprint density at radius 1 is 1.25 bits per heavy atom. The van der Waals surface area contributed by atoms with E-state index >= 15 is 0 Å². The summed E-state index contributed by atoms with van der Waals surface area (Å²) >= 11 is 0. The molecule has 0 aliphatic carbocycles. The van der Waals surface area contributed by atoms with E-state index in [-0.39, 0.29) is 11.8 Å². The van der Waals surface area contributed by atoms with Crippen LogP contribution in [0, 0.1) is 17.7 Å². The van der Waals surface area contributed by atoms with Gasteiger partial charge in [0.05, 0.1) is 0 Å². The molecule has 0 unspecified atom stereocenters. The third-order valence-corrected chi connectivity index (χ3v) is 4.28. The molecule has 1 saturated heterocycles. The SMILES string of the molecule is CC(C)(O)C#Cc1cccc(C(=O)N2CCNC(=O)[C@@H]2c2ccc(F)cc2)c1. The molecule has 0 radical (unpaired) electrons. The Labute approximate surface area is 163 Å². The lowest BCUT2D eigenvalue weighted by Crippen LogP contribution is -2.52. The van der Waals surface area contributed by atoms with E-state index in [1.165, 1.54) is 29.2 Å². The van der Waals surface area contributed by atoms with E-state index in [4.69, 9.17) is 0 Å². The Bertz CT molecular complexity index is 952. The summed E-state index contributed by atoms with van der Waals surface area (Å²) < 4.78 is 13.3. The highest BCUT2D eigenvalue weighted by atomic mass is 19.1. The van der Waals surface area contributed by atoms with Gasteiger partial charge in [0.25, 0.3) is 5.91 Å². The average Bonchev–Trinajstić information content (AvgIpc) is 2.66. The zero-order valence-electron chi connectivity index (χ0n) is 15.7. The Morgan fingerprint density at radius 2 is 1.96 bits per heavy atom. The zero-order valence-corrected chi connectivity index (χ0v) is 15.7. The number of carbonyl (C=O) groups excluding carboxylic acids is 2. The topological polar surface area (TPSA) is 69.6 Å². The van der Waals surface area contributed by atoms with Crippen LogP contribution < -0.4 is 5.32 Å². The van der Waals surface area contributed by atoms with Gasteiger partial charge >= 0.3 is 0 Å². The fourth-order valence-electron chi connectivity index (χ4n) is 2.98. The summed E-state index contributed by atoms with van der Waals surface area (Å²) in [5, 5.41) is 12.5. The zero-order chi connectivity index (χ0) is 20.3. The van der Waals surface area contributed by atoms with Gasteiger partial charge in [0.15, 0.2) is 0 Å². The maximum Gasteiger partial charge on any atom is 0.254 e. The summed E-state index contributed by atoms with van der Waals surface area (Å²) in [5.41, 5.74) is 0.389. The van der Waals surface area contributed by atoms with Gasteiger partial charge in [-0.1, -0.05) is 30.0 Å². The number of nitrogens with zero attached hydrogens (tertiary/aromatic N) is 1. The molecular formula is C22H21FN2O3. The second-order valence-electron chi connectivity index (χ2n) is 7.13. The number of benzene rings is 2. The van der Waals surface area contributed by atoms with Crippen molar-refractivity contribution in [2.45, 2.75) is 25.5 Å². The standard InChI is InChI=1S/C22H21FN2O3/c1-22(2,28)11-10-15-4-3-5-17(14-15)21(27)25-13-12-24-20(26)19(25)16-6-8-18(23)9-7-16/h3-9,14,19,28H,12-13H2,1-2H3,(H,24,26)/t19-/m0/s1. The second-order valence-corrected chi connectivity index (χ2v) is 7.13. The minimum absolute atomic E-state index is 0.302. The number of amides is 2. The first-order chi connectivity index (χ1) is 13.2. The summed E-state index contributed by atoms with van der Waals surface area (Å²) in [6.45, 7) is 3.84. The second kappa shape index (κ2) is 7.83. The number of hydrogen-bond acceptors (Lipinski definition) is 3. The lowest BCUT2D eigenvalue weighted by Gasteiger charge is -2.35. The molecule has 1 fully saturated rings. The molecule has 0 spiro atoms. The number of aliphatic hydroxyl groups is 1. The molecule has 28 heavy (non-hydrogen) atoms. The van der Waals surface area contributed by atoms with Crippen LogP contribution in [0.25, 0.3) is 0 Å². The summed E-state index contributed by atoms with van der Waals surface area (Å²) in [6, 6.07) is 11.5. The third kappa shape index (κ3) is 4.56. The molecule has 1 atom stereocenters. The lowest BCUT2D eigenvalue weighted by atomic mass is 10.0. The van der Waals surface area contributed by atoms with Crippen molar-refractivity contribution in [3.05, 3.63) is 71.0 Å². The molecule has 5 nitrogen and oxygen atoms in total. The first-order valence-electron chi connectivity index (χ1n) is 8.94. The highest BCUT2D eigenvalue weighted by Gasteiger charge is 2.34. The van der Waals surface area contributed by atoms with Gasteiger partial charge in [-0.3, -0.25) is 9.59 Å². The number of hydrogen-bond donors (Lipinski definition) is 2. The monoisotopic (exact) mass is 380 g/mol. The number of nitrogens with one attached hydrogen (secondary N) is 1. The van der Waals surface area contributed by atoms with Crippen molar-refractivity contribution in [3.63, 3.8) is 0 Å². The predicted molar refractivity (Wildman–Crippen MR) is 103 cm³/mol. The third-order valence-electron chi connectivity index (χ3n) is 4.28. The van der Waals surface area contributed by atoms with Crippen molar-refractivity contribution < 1.29 is 19.1 Å². The molecule has 6 heteroatoms. The molecule has 1 heterocycles. The quantitative estimate of drug-likeness (QED) is 0.786. The molecule has 1 aliphatic heterocycles. The lowest BCUT2D eigenvalue weighted by molar-refractivity contribution is -0.128. The van der Waals surface area contributed by atoms with E-state index < -0.39 is 17.5 Å². The number of rotatable bonds is 2. The minimum Gasteiger partial charge on any atom is -0.378 e. The van der Waals surface area contributed by atoms with Crippen molar-refractivity contribution in [2.24, 2.45) is 0 Å². The Kier molecular flexibility index (Phi) is 5.48. The molecular weight excluding hydrogens is 359 g/mol. The molecule has 144 valence electrons. The van der Waals surface area contributed by atoms with Gasteiger partial charge in [0, 0.05) is 24.2 Å². The van der Waals surface area contributed by atoms with E-state index in [1.807, 2.05) is 0 Å². The van der Waals surface area contributed by atoms with Crippen LogP contribution in [0.3, 0.4) is 0 Å². The van der Waals surface area contributed by atoms with Gasteiger partial charge in [0.2, 0.25) is 5.91 Å². The first kappa shape index (κ1) is 19.6. The summed E-state index contributed by atoms with van der Waals surface area (Å²) in [6.07, 6.45) is 0. The fourth-order valence-corrected chi connectivity index (χ4v) is 2.98. The van der Waals surface area contributed by atoms with Gasteiger partial charge in [-0.05, 0) is 49.7 Å². The minimum atomic E-state index is -1.14. The molecule has 1 aliphatic rings. The molecule has 0 saturated carbocycles. The van der Waals surface area contributed by atoms with Crippen molar-refractivity contribution in [2.75, 3.05) is 13.1 Å².